The Bertz CT molecular complexity index is 580. The summed E-state index contributed by atoms with van der Waals surface area (Å²) in [6.07, 6.45) is 0. The number of esters is 1. The van der Waals surface area contributed by atoms with Crippen LogP contribution in [0.25, 0.3) is 11.3 Å². The highest BCUT2D eigenvalue weighted by Crippen LogP contribution is 2.28. The molecule has 94 valence electrons. The maximum absolute atomic E-state index is 11.6. The number of phenols is 1. The van der Waals surface area contributed by atoms with Gasteiger partial charge in [0.1, 0.15) is 11.3 Å². The van der Waals surface area contributed by atoms with E-state index in [2.05, 4.69) is 4.98 Å². The van der Waals surface area contributed by atoms with E-state index in [0.717, 1.165) is 0 Å². The van der Waals surface area contributed by atoms with Crippen LogP contribution in [0.15, 0.2) is 23.6 Å². The van der Waals surface area contributed by atoms with E-state index in [-0.39, 0.29) is 17.9 Å². The van der Waals surface area contributed by atoms with Crippen molar-refractivity contribution in [3.8, 4) is 17.0 Å². The fourth-order valence-electron chi connectivity index (χ4n) is 1.49. The fraction of sp³-hybridized carbons (Fsp3) is 0.167. The molecule has 0 fully saturated rings. The number of hydrogen-bond donors (Lipinski definition) is 2. The van der Waals surface area contributed by atoms with Crippen molar-refractivity contribution >= 4 is 22.4 Å². The van der Waals surface area contributed by atoms with Gasteiger partial charge in [-0.05, 0) is 25.1 Å². The highest BCUT2D eigenvalue weighted by Gasteiger charge is 2.14. The third-order valence-electron chi connectivity index (χ3n) is 2.31. The molecule has 0 aliphatic rings. The minimum Gasteiger partial charge on any atom is -0.507 e. The van der Waals surface area contributed by atoms with Gasteiger partial charge < -0.3 is 15.6 Å². The minimum absolute atomic E-state index is 0.111. The number of aromatic hydroxyl groups is 1. The second kappa shape index (κ2) is 5.05. The van der Waals surface area contributed by atoms with E-state index < -0.39 is 5.97 Å². The molecule has 1 heterocycles. The van der Waals surface area contributed by atoms with Crippen molar-refractivity contribution in [1.82, 2.24) is 4.98 Å². The normalized spacial score (nSPS) is 10.3. The van der Waals surface area contributed by atoms with Gasteiger partial charge in [-0.3, -0.25) is 0 Å². The second-order valence-electron chi connectivity index (χ2n) is 3.52. The highest BCUT2D eigenvalue weighted by molar-refractivity contribution is 7.13. The average molecular weight is 264 g/mol. The van der Waals surface area contributed by atoms with Crippen LogP contribution in [-0.2, 0) is 4.74 Å². The predicted octanol–water partition coefficient (Wildman–Crippen LogP) is 2.27. The molecule has 18 heavy (non-hydrogen) atoms. The quantitative estimate of drug-likeness (QED) is 0.831. The number of aromatic nitrogens is 1. The number of anilines is 1. The lowest BCUT2D eigenvalue weighted by molar-refractivity contribution is 0.0523. The number of benzene rings is 1. The standard InChI is InChI=1S/C12H12N2O3S/c1-2-17-11(16)8-5-7(3-4-10(8)15)9-6-18-12(13)14-9/h3-6,15H,2H2,1H3,(H2,13,14). The van der Waals surface area contributed by atoms with Gasteiger partial charge in [-0.15, -0.1) is 11.3 Å². The first kappa shape index (κ1) is 12.4. The fourth-order valence-corrected chi connectivity index (χ4v) is 2.06. The summed E-state index contributed by atoms with van der Waals surface area (Å²) in [5.41, 5.74) is 7.06. The van der Waals surface area contributed by atoms with Gasteiger partial charge in [-0.2, -0.15) is 0 Å². The summed E-state index contributed by atoms with van der Waals surface area (Å²) >= 11 is 1.32. The Balaban J connectivity index is 2.40. The first-order valence-corrected chi connectivity index (χ1v) is 6.21. The predicted molar refractivity (Wildman–Crippen MR) is 69.6 cm³/mol. The molecule has 2 aromatic rings. The zero-order chi connectivity index (χ0) is 13.1. The molecule has 0 atom stereocenters. The zero-order valence-corrected chi connectivity index (χ0v) is 10.5. The van der Waals surface area contributed by atoms with E-state index in [1.165, 1.54) is 17.4 Å². The van der Waals surface area contributed by atoms with Gasteiger partial charge in [0, 0.05) is 10.9 Å². The molecule has 0 aliphatic carbocycles. The summed E-state index contributed by atoms with van der Waals surface area (Å²) in [5, 5.41) is 11.9. The molecule has 3 N–H and O–H groups in total. The molecule has 5 nitrogen and oxygen atoms in total. The number of thiazole rings is 1. The summed E-state index contributed by atoms with van der Waals surface area (Å²) in [6, 6.07) is 4.66. The van der Waals surface area contributed by atoms with E-state index in [4.69, 9.17) is 10.5 Å². The maximum Gasteiger partial charge on any atom is 0.341 e. The largest absolute Gasteiger partial charge is 0.507 e. The van der Waals surface area contributed by atoms with Crippen molar-refractivity contribution in [3.05, 3.63) is 29.1 Å². The third-order valence-corrected chi connectivity index (χ3v) is 2.98. The van der Waals surface area contributed by atoms with Gasteiger partial charge in [0.2, 0.25) is 0 Å². The first-order chi connectivity index (χ1) is 8.61. The van der Waals surface area contributed by atoms with Crippen molar-refractivity contribution in [2.24, 2.45) is 0 Å². The molecule has 0 bridgehead atoms. The Labute approximate surface area is 108 Å². The minimum atomic E-state index is -0.556. The third kappa shape index (κ3) is 2.43. The van der Waals surface area contributed by atoms with Gasteiger partial charge in [-0.25, -0.2) is 9.78 Å². The van der Waals surface area contributed by atoms with Crippen molar-refractivity contribution in [2.75, 3.05) is 12.3 Å². The van der Waals surface area contributed by atoms with Crippen LogP contribution >= 0.6 is 11.3 Å². The Hall–Kier alpha value is -2.08. The molecular weight excluding hydrogens is 252 g/mol. The summed E-state index contributed by atoms with van der Waals surface area (Å²) in [7, 11) is 0. The molecular formula is C12H12N2O3S. The van der Waals surface area contributed by atoms with Crippen molar-refractivity contribution in [1.29, 1.82) is 0 Å². The maximum atomic E-state index is 11.6. The molecule has 2 rings (SSSR count). The van der Waals surface area contributed by atoms with Crippen LogP contribution in [0.1, 0.15) is 17.3 Å². The zero-order valence-electron chi connectivity index (χ0n) is 9.71. The summed E-state index contributed by atoms with van der Waals surface area (Å²) in [6.45, 7) is 1.96. The molecule has 1 aromatic carbocycles. The summed E-state index contributed by atoms with van der Waals surface area (Å²) in [5.74, 6) is -0.666. The molecule has 0 saturated carbocycles. The van der Waals surface area contributed by atoms with Gasteiger partial charge in [0.25, 0.3) is 0 Å². The van der Waals surface area contributed by atoms with Crippen LogP contribution in [0.5, 0.6) is 5.75 Å². The molecule has 0 unspecified atom stereocenters. The van der Waals surface area contributed by atoms with Crippen molar-refractivity contribution in [3.63, 3.8) is 0 Å². The molecule has 0 amide bonds. The Morgan fingerprint density at radius 1 is 1.56 bits per heavy atom. The summed E-state index contributed by atoms with van der Waals surface area (Å²) < 4.78 is 4.86. The van der Waals surface area contributed by atoms with Crippen LogP contribution in [0.2, 0.25) is 0 Å². The molecule has 0 aliphatic heterocycles. The second-order valence-corrected chi connectivity index (χ2v) is 4.41. The molecule has 0 saturated heterocycles. The number of nitrogen functional groups attached to an aromatic ring is 1. The van der Waals surface area contributed by atoms with Crippen LogP contribution in [0, 0.1) is 0 Å². The van der Waals surface area contributed by atoms with Gasteiger partial charge in [0.05, 0.1) is 12.3 Å². The van der Waals surface area contributed by atoms with E-state index in [1.54, 1.807) is 24.4 Å². The van der Waals surface area contributed by atoms with Gasteiger partial charge in [-0.1, -0.05) is 0 Å². The number of carbonyl (C=O) groups excluding carboxylic acids is 1. The molecule has 0 spiro atoms. The lowest BCUT2D eigenvalue weighted by atomic mass is 10.1. The van der Waals surface area contributed by atoms with Crippen molar-refractivity contribution < 1.29 is 14.6 Å². The number of carbonyl (C=O) groups is 1. The van der Waals surface area contributed by atoms with E-state index in [1.807, 2.05) is 0 Å². The SMILES string of the molecule is CCOC(=O)c1cc(-c2csc(N)n2)ccc1O. The van der Waals surface area contributed by atoms with Gasteiger partial charge >= 0.3 is 5.97 Å². The molecule has 6 heteroatoms. The van der Waals surface area contributed by atoms with E-state index in [0.29, 0.717) is 16.4 Å². The number of nitrogens with zero attached hydrogens (tertiary/aromatic N) is 1. The number of hydrogen-bond acceptors (Lipinski definition) is 6. The van der Waals surface area contributed by atoms with Crippen LogP contribution in [0.4, 0.5) is 5.13 Å². The average Bonchev–Trinajstić information content (AvgIpc) is 2.77. The van der Waals surface area contributed by atoms with Gasteiger partial charge in [0.15, 0.2) is 5.13 Å². The lowest BCUT2D eigenvalue weighted by Gasteiger charge is -2.05. The Morgan fingerprint density at radius 2 is 2.33 bits per heavy atom. The number of nitrogens with two attached hydrogens (primary N) is 1. The Kier molecular flexibility index (Phi) is 3.47. The van der Waals surface area contributed by atoms with Crippen LogP contribution in [0.3, 0.4) is 0 Å². The van der Waals surface area contributed by atoms with E-state index >= 15 is 0 Å². The smallest absolute Gasteiger partial charge is 0.341 e. The number of rotatable bonds is 3. The highest BCUT2D eigenvalue weighted by atomic mass is 32.1. The molecule has 1 aromatic heterocycles. The topological polar surface area (TPSA) is 85.4 Å². The lowest BCUT2D eigenvalue weighted by Crippen LogP contribution is -2.05. The Morgan fingerprint density at radius 3 is 2.94 bits per heavy atom. The van der Waals surface area contributed by atoms with E-state index in [9.17, 15) is 9.90 Å². The van der Waals surface area contributed by atoms with Crippen LogP contribution < -0.4 is 5.73 Å². The summed E-state index contributed by atoms with van der Waals surface area (Å²) in [4.78, 5) is 15.7. The molecule has 0 radical (unpaired) electrons. The van der Waals surface area contributed by atoms with Crippen LogP contribution in [-0.4, -0.2) is 22.7 Å². The number of phenolic OH excluding ortho intramolecular Hbond substituents is 1. The number of ether oxygens (including phenoxy) is 1. The van der Waals surface area contributed by atoms with Crippen molar-refractivity contribution in [2.45, 2.75) is 6.92 Å². The monoisotopic (exact) mass is 264 g/mol. The first-order valence-electron chi connectivity index (χ1n) is 5.33.